The second-order valence-corrected chi connectivity index (χ2v) is 8.88. The Morgan fingerprint density at radius 1 is 1.10 bits per heavy atom. The smallest absolute Gasteiger partial charge is 0.233 e. The number of para-hydroxylation sites is 1. The average molecular weight is 488 g/mol. The molecule has 3 aromatic rings. The van der Waals surface area contributed by atoms with Crippen molar-refractivity contribution in [3.63, 3.8) is 0 Å². The molecule has 1 aromatic heterocycles. The Kier molecular flexibility index (Phi) is 6.29. The van der Waals surface area contributed by atoms with Gasteiger partial charge < -0.3 is 19.5 Å². The van der Waals surface area contributed by atoms with Gasteiger partial charge in [0.1, 0.15) is 5.75 Å². The number of nitrogens with zero attached hydrogens (tertiary/aromatic N) is 5. The van der Waals surface area contributed by atoms with Crippen LogP contribution < -0.4 is 4.90 Å². The number of anilines is 1. The van der Waals surface area contributed by atoms with Crippen LogP contribution in [-0.4, -0.2) is 62.6 Å². The molecule has 0 spiro atoms. The van der Waals surface area contributed by atoms with Crippen LogP contribution in [0.2, 0.25) is 0 Å². The van der Waals surface area contributed by atoms with Gasteiger partial charge in [0.15, 0.2) is 11.0 Å². The van der Waals surface area contributed by atoms with Gasteiger partial charge in [0.25, 0.3) is 0 Å². The van der Waals surface area contributed by atoms with Crippen molar-refractivity contribution in [1.82, 2.24) is 19.7 Å². The van der Waals surface area contributed by atoms with Crippen molar-refractivity contribution in [2.45, 2.75) is 5.16 Å². The highest BCUT2D eigenvalue weighted by atomic mass is 79.9. The molecule has 0 atom stereocenters. The lowest BCUT2D eigenvalue weighted by molar-refractivity contribution is -0.128. The zero-order valence-electron chi connectivity index (χ0n) is 16.5. The molecule has 0 unspecified atom stereocenters. The van der Waals surface area contributed by atoms with Crippen molar-refractivity contribution in [2.24, 2.45) is 7.05 Å². The standard InChI is InChI=1S/C21H22BrN5O2S/c1-25-20(17-13-15(22)7-8-18(17)28)23-24-21(25)30-14-19(29)27-11-9-26(10-12-27)16-5-3-2-4-6-16/h2-8,13,28H,9-12,14H2,1H3. The Labute approximate surface area is 187 Å². The number of aromatic hydroxyl groups is 1. The number of amides is 1. The van der Waals surface area contributed by atoms with Crippen molar-refractivity contribution in [3.8, 4) is 17.1 Å². The average Bonchev–Trinajstić information content (AvgIpc) is 3.14. The molecule has 30 heavy (non-hydrogen) atoms. The molecular weight excluding hydrogens is 466 g/mol. The van der Waals surface area contributed by atoms with Crippen LogP contribution in [-0.2, 0) is 11.8 Å². The Hall–Kier alpha value is -2.52. The highest BCUT2D eigenvalue weighted by Crippen LogP contribution is 2.32. The maximum Gasteiger partial charge on any atom is 0.233 e. The van der Waals surface area contributed by atoms with Crippen LogP contribution in [0.5, 0.6) is 5.75 Å². The number of halogens is 1. The lowest BCUT2D eigenvalue weighted by Gasteiger charge is -2.36. The van der Waals surface area contributed by atoms with E-state index in [1.54, 1.807) is 22.8 Å². The summed E-state index contributed by atoms with van der Waals surface area (Å²) in [5.41, 5.74) is 1.79. The molecule has 0 saturated carbocycles. The van der Waals surface area contributed by atoms with E-state index < -0.39 is 0 Å². The summed E-state index contributed by atoms with van der Waals surface area (Å²) in [5, 5.41) is 19.2. The summed E-state index contributed by atoms with van der Waals surface area (Å²) < 4.78 is 2.64. The zero-order chi connectivity index (χ0) is 21.1. The maximum absolute atomic E-state index is 12.7. The minimum absolute atomic E-state index is 0.0996. The summed E-state index contributed by atoms with van der Waals surface area (Å²) in [6, 6.07) is 15.4. The molecule has 1 fully saturated rings. The van der Waals surface area contributed by atoms with E-state index in [-0.39, 0.29) is 11.7 Å². The predicted octanol–water partition coefficient (Wildman–Crippen LogP) is 3.39. The molecule has 2 aromatic carbocycles. The van der Waals surface area contributed by atoms with E-state index in [0.717, 1.165) is 17.6 Å². The van der Waals surface area contributed by atoms with Crippen molar-refractivity contribution < 1.29 is 9.90 Å². The molecule has 1 saturated heterocycles. The van der Waals surface area contributed by atoms with Crippen LogP contribution in [0.1, 0.15) is 0 Å². The molecule has 1 aliphatic rings. The fraction of sp³-hybridized carbons (Fsp3) is 0.286. The summed E-state index contributed by atoms with van der Waals surface area (Å²) in [4.78, 5) is 16.9. The molecule has 0 radical (unpaired) electrons. The van der Waals surface area contributed by atoms with Crippen LogP contribution in [0, 0.1) is 0 Å². The number of carbonyl (C=O) groups is 1. The Morgan fingerprint density at radius 3 is 2.57 bits per heavy atom. The van der Waals surface area contributed by atoms with Gasteiger partial charge in [0, 0.05) is 43.4 Å². The molecule has 9 heteroatoms. The number of carbonyl (C=O) groups excluding carboxylic acids is 1. The summed E-state index contributed by atoms with van der Waals surface area (Å²) >= 11 is 4.77. The summed E-state index contributed by atoms with van der Waals surface area (Å²) in [6.07, 6.45) is 0. The van der Waals surface area contributed by atoms with Gasteiger partial charge in [-0.15, -0.1) is 10.2 Å². The summed E-state index contributed by atoms with van der Waals surface area (Å²) in [6.45, 7) is 3.09. The third-order valence-corrected chi connectivity index (χ3v) is 6.61. The first-order chi connectivity index (χ1) is 14.5. The van der Waals surface area contributed by atoms with Crippen LogP contribution in [0.25, 0.3) is 11.4 Å². The summed E-state index contributed by atoms with van der Waals surface area (Å²) in [7, 11) is 1.83. The topological polar surface area (TPSA) is 74.5 Å². The molecule has 0 bridgehead atoms. The Balaban J connectivity index is 1.35. The van der Waals surface area contributed by atoms with Gasteiger partial charge in [-0.1, -0.05) is 45.9 Å². The van der Waals surface area contributed by atoms with Crippen molar-refractivity contribution in [1.29, 1.82) is 0 Å². The maximum atomic E-state index is 12.7. The number of thioether (sulfide) groups is 1. The van der Waals surface area contributed by atoms with E-state index in [4.69, 9.17) is 0 Å². The second kappa shape index (κ2) is 9.09. The molecule has 2 heterocycles. The minimum atomic E-state index is 0.0996. The van der Waals surface area contributed by atoms with E-state index in [2.05, 4.69) is 43.2 Å². The second-order valence-electron chi connectivity index (χ2n) is 7.02. The van der Waals surface area contributed by atoms with Gasteiger partial charge >= 0.3 is 0 Å². The van der Waals surface area contributed by atoms with E-state index in [1.165, 1.54) is 17.4 Å². The fourth-order valence-corrected chi connectivity index (χ4v) is 4.61. The Morgan fingerprint density at radius 2 is 1.83 bits per heavy atom. The van der Waals surface area contributed by atoms with Crippen LogP contribution >= 0.6 is 27.7 Å². The Bertz CT molecular complexity index is 1040. The third kappa shape index (κ3) is 4.46. The predicted molar refractivity (Wildman–Crippen MR) is 122 cm³/mol. The van der Waals surface area contributed by atoms with Crippen LogP contribution in [0.15, 0.2) is 58.2 Å². The molecule has 1 amide bonds. The monoisotopic (exact) mass is 487 g/mol. The molecule has 1 N–H and O–H groups in total. The number of piperazine rings is 1. The molecule has 4 rings (SSSR count). The van der Waals surface area contributed by atoms with Gasteiger partial charge in [0.2, 0.25) is 5.91 Å². The molecular formula is C21H22BrN5O2S. The normalized spacial score (nSPS) is 14.2. The number of phenolic OH excluding ortho intramolecular Hbond substituents is 1. The minimum Gasteiger partial charge on any atom is -0.507 e. The number of hydrogen-bond acceptors (Lipinski definition) is 6. The molecule has 0 aliphatic carbocycles. The highest BCUT2D eigenvalue weighted by Gasteiger charge is 2.22. The number of hydrogen-bond donors (Lipinski definition) is 1. The number of aromatic nitrogens is 3. The fourth-order valence-electron chi connectivity index (χ4n) is 3.43. The molecule has 156 valence electrons. The highest BCUT2D eigenvalue weighted by molar-refractivity contribution is 9.10. The van der Waals surface area contributed by atoms with Crippen LogP contribution in [0.3, 0.4) is 0 Å². The van der Waals surface area contributed by atoms with E-state index >= 15 is 0 Å². The van der Waals surface area contributed by atoms with Crippen molar-refractivity contribution >= 4 is 39.3 Å². The lowest BCUT2D eigenvalue weighted by atomic mass is 10.2. The number of benzene rings is 2. The van der Waals surface area contributed by atoms with Gasteiger partial charge in [-0.2, -0.15) is 0 Å². The SMILES string of the molecule is Cn1c(SCC(=O)N2CCN(c3ccccc3)CC2)nnc1-c1cc(Br)ccc1O. The van der Waals surface area contributed by atoms with Crippen LogP contribution in [0.4, 0.5) is 5.69 Å². The summed E-state index contributed by atoms with van der Waals surface area (Å²) in [5.74, 6) is 1.10. The van der Waals surface area contributed by atoms with Gasteiger partial charge in [-0.25, -0.2) is 0 Å². The van der Waals surface area contributed by atoms with E-state index in [9.17, 15) is 9.90 Å². The quantitative estimate of drug-likeness (QED) is 0.556. The van der Waals surface area contributed by atoms with E-state index in [1.807, 2.05) is 30.1 Å². The lowest BCUT2D eigenvalue weighted by Crippen LogP contribution is -2.49. The van der Waals surface area contributed by atoms with Gasteiger partial charge in [0.05, 0.1) is 11.3 Å². The van der Waals surface area contributed by atoms with Gasteiger partial charge in [-0.05, 0) is 30.3 Å². The first kappa shape index (κ1) is 20.7. The van der Waals surface area contributed by atoms with E-state index in [0.29, 0.717) is 35.4 Å². The molecule has 1 aliphatic heterocycles. The van der Waals surface area contributed by atoms with Gasteiger partial charge in [-0.3, -0.25) is 4.79 Å². The molecule has 7 nitrogen and oxygen atoms in total. The number of rotatable bonds is 5. The first-order valence-electron chi connectivity index (χ1n) is 9.62. The third-order valence-electron chi connectivity index (χ3n) is 5.11. The number of phenols is 1. The largest absolute Gasteiger partial charge is 0.507 e. The van der Waals surface area contributed by atoms with Crippen molar-refractivity contribution in [3.05, 3.63) is 53.0 Å². The van der Waals surface area contributed by atoms with Crippen molar-refractivity contribution in [2.75, 3.05) is 36.8 Å². The first-order valence-corrected chi connectivity index (χ1v) is 11.4. The zero-order valence-corrected chi connectivity index (χ0v) is 18.9.